The summed E-state index contributed by atoms with van der Waals surface area (Å²) in [7, 11) is 5.06. The Morgan fingerprint density at radius 2 is 1.91 bits per heavy atom. The first-order chi connectivity index (χ1) is 9.97. The predicted molar refractivity (Wildman–Crippen MR) is 85.9 cm³/mol. The van der Waals surface area contributed by atoms with Crippen molar-refractivity contribution in [3.05, 3.63) is 18.5 Å². The number of hydrogen-bond acceptors (Lipinski definition) is 4. The van der Waals surface area contributed by atoms with Gasteiger partial charge in [-0.05, 0) is 32.0 Å². The van der Waals surface area contributed by atoms with Gasteiger partial charge in [-0.2, -0.15) is 5.10 Å². The summed E-state index contributed by atoms with van der Waals surface area (Å²) in [6, 6.07) is 1.82. The lowest BCUT2D eigenvalue weighted by Crippen LogP contribution is -2.56. The van der Waals surface area contributed by atoms with E-state index in [4.69, 9.17) is 0 Å². The van der Waals surface area contributed by atoms with Crippen molar-refractivity contribution < 1.29 is 9.59 Å². The lowest BCUT2D eigenvalue weighted by molar-refractivity contribution is -0.146. The predicted octanol–water partition coefficient (Wildman–Crippen LogP) is -0.0698. The van der Waals surface area contributed by atoms with Gasteiger partial charge in [0.15, 0.2) is 0 Å². The topological polar surface area (TPSA) is 70.5 Å². The van der Waals surface area contributed by atoms with E-state index in [9.17, 15) is 9.59 Å². The molecule has 1 fully saturated rings. The number of nitrogens with one attached hydrogen (secondary N) is 1. The van der Waals surface area contributed by atoms with Gasteiger partial charge in [0.2, 0.25) is 5.91 Å². The second kappa shape index (κ2) is 7.60. The van der Waals surface area contributed by atoms with Crippen LogP contribution in [-0.4, -0.2) is 72.2 Å². The standard InChI is InChI=1S/C14H23N5O2.ClH/c1-17(2)12(20)11-18(3)13(21)14(5-8-15-9-6-14)19-10-4-7-16-19;/h4,7,10,15H,5-6,8-9,11H2,1-3H3;1H. The van der Waals surface area contributed by atoms with Crippen LogP contribution < -0.4 is 5.32 Å². The molecule has 1 N–H and O–H groups in total. The molecule has 1 aliphatic rings. The zero-order valence-corrected chi connectivity index (χ0v) is 14.1. The highest BCUT2D eigenvalue weighted by molar-refractivity contribution is 5.89. The van der Waals surface area contributed by atoms with E-state index in [1.165, 1.54) is 9.80 Å². The number of carbonyl (C=O) groups excluding carboxylic acids is 2. The number of carbonyl (C=O) groups is 2. The van der Waals surface area contributed by atoms with Gasteiger partial charge >= 0.3 is 0 Å². The van der Waals surface area contributed by atoms with Crippen LogP contribution in [0.1, 0.15) is 12.8 Å². The van der Waals surface area contributed by atoms with Gasteiger partial charge in [0.1, 0.15) is 5.54 Å². The molecule has 124 valence electrons. The Balaban J connectivity index is 0.00000242. The van der Waals surface area contributed by atoms with Gasteiger partial charge in [0, 0.05) is 33.5 Å². The highest BCUT2D eigenvalue weighted by Gasteiger charge is 2.43. The first-order valence-electron chi connectivity index (χ1n) is 7.14. The number of likely N-dealkylation sites (N-methyl/N-ethyl adjacent to an activating group) is 2. The number of rotatable bonds is 4. The third-order valence-corrected chi connectivity index (χ3v) is 3.99. The number of hydrogen-bond donors (Lipinski definition) is 1. The molecule has 0 bridgehead atoms. The van der Waals surface area contributed by atoms with E-state index in [1.807, 2.05) is 12.3 Å². The Hall–Kier alpha value is -1.60. The van der Waals surface area contributed by atoms with Crippen molar-refractivity contribution in [1.29, 1.82) is 0 Å². The number of piperidine rings is 1. The molecule has 0 saturated carbocycles. The molecule has 2 heterocycles. The van der Waals surface area contributed by atoms with Crippen LogP contribution in [0.4, 0.5) is 0 Å². The Morgan fingerprint density at radius 3 is 2.41 bits per heavy atom. The van der Waals surface area contributed by atoms with E-state index in [1.54, 1.807) is 32.0 Å². The fourth-order valence-electron chi connectivity index (χ4n) is 2.67. The molecular formula is C14H24ClN5O2. The highest BCUT2D eigenvalue weighted by atomic mass is 35.5. The second-order valence-corrected chi connectivity index (χ2v) is 5.68. The Morgan fingerprint density at radius 1 is 1.27 bits per heavy atom. The third-order valence-electron chi connectivity index (χ3n) is 3.99. The van der Waals surface area contributed by atoms with Crippen LogP contribution in [0.2, 0.25) is 0 Å². The summed E-state index contributed by atoms with van der Waals surface area (Å²) in [6.45, 7) is 1.62. The summed E-state index contributed by atoms with van der Waals surface area (Å²) in [5.74, 6) is -0.140. The Bertz CT molecular complexity index is 497. The summed E-state index contributed by atoms with van der Waals surface area (Å²) >= 11 is 0. The summed E-state index contributed by atoms with van der Waals surface area (Å²) in [5.41, 5.74) is -0.684. The van der Waals surface area contributed by atoms with Crippen LogP contribution in [0, 0.1) is 0 Å². The zero-order chi connectivity index (χ0) is 15.5. The Labute approximate surface area is 137 Å². The van der Waals surface area contributed by atoms with Gasteiger partial charge in [-0.1, -0.05) is 0 Å². The minimum Gasteiger partial charge on any atom is -0.347 e. The van der Waals surface area contributed by atoms with Gasteiger partial charge < -0.3 is 15.1 Å². The second-order valence-electron chi connectivity index (χ2n) is 5.68. The third kappa shape index (κ3) is 3.59. The minimum atomic E-state index is -0.684. The van der Waals surface area contributed by atoms with Crippen LogP contribution in [0.15, 0.2) is 18.5 Å². The van der Waals surface area contributed by atoms with Gasteiger partial charge in [0.25, 0.3) is 5.91 Å². The molecule has 7 nitrogen and oxygen atoms in total. The summed E-state index contributed by atoms with van der Waals surface area (Å²) in [6.07, 6.45) is 4.86. The van der Waals surface area contributed by atoms with Gasteiger partial charge in [-0.3, -0.25) is 14.3 Å². The van der Waals surface area contributed by atoms with Crippen molar-refractivity contribution >= 4 is 24.2 Å². The maximum absolute atomic E-state index is 12.9. The smallest absolute Gasteiger partial charge is 0.250 e. The van der Waals surface area contributed by atoms with E-state index < -0.39 is 5.54 Å². The van der Waals surface area contributed by atoms with E-state index >= 15 is 0 Å². The van der Waals surface area contributed by atoms with Crippen LogP contribution in [0.3, 0.4) is 0 Å². The van der Waals surface area contributed by atoms with Crippen molar-refractivity contribution in [2.45, 2.75) is 18.4 Å². The number of aromatic nitrogens is 2. The molecule has 0 spiro atoms. The summed E-state index contributed by atoms with van der Waals surface area (Å²) < 4.78 is 1.74. The van der Waals surface area contributed by atoms with Crippen molar-refractivity contribution in [3.8, 4) is 0 Å². The van der Waals surface area contributed by atoms with E-state index in [2.05, 4.69) is 10.4 Å². The van der Waals surface area contributed by atoms with Crippen LogP contribution in [0.5, 0.6) is 0 Å². The zero-order valence-electron chi connectivity index (χ0n) is 13.3. The highest BCUT2D eigenvalue weighted by Crippen LogP contribution is 2.29. The quantitative estimate of drug-likeness (QED) is 0.839. The summed E-state index contributed by atoms with van der Waals surface area (Å²) in [5, 5.41) is 7.54. The van der Waals surface area contributed by atoms with E-state index in [0.29, 0.717) is 12.8 Å². The Kier molecular flexibility index (Phi) is 6.37. The molecule has 0 unspecified atom stereocenters. The molecule has 22 heavy (non-hydrogen) atoms. The molecular weight excluding hydrogens is 306 g/mol. The molecule has 8 heteroatoms. The first kappa shape index (κ1) is 18.4. The normalized spacial score (nSPS) is 16.5. The van der Waals surface area contributed by atoms with Gasteiger partial charge in [-0.15, -0.1) is 12.4 Å². The number of amides is 2. The van der Waals surface area contributed by atoms with Crippen molar-refractivity contribution in [2.24, 2.45) is 0 Å². The lowest BCUT2D eigenvalue weighted by atomic mass is 9.87. The molecule has 0 aliphatic carbocycles. The molecule has 2 amide bonds. The molecule has 1 aromatic heterocycles. The molecule has 0 aromatic carbocycles. The van der Waals surface area contributed by atoms with Gasteiger partial charge in [0.05, 0.1) is 6.54 Å². The van der Waals surface area contributed by atoms with Crippen LogP contribution in [-0.2, 0) is 15.1 Å². The van der Waals surface area contributed by atoms with E-state index in [-0.39, 0.29) is 30.8 Å². The monoisotopic (exact) mass is 329 g/mol. The summed E-state index contributed by atoms with van der Waals surface area (Å²) in [4.78, 5) is 27.8. The largest absolute Gasteiger partial charge is 0.347 e. The fraction of sp³-hybridized carbons (Fsp3) is 0.643. The number of halogens is 1. The van der Waals surface area contributed by atoms with Crippen LogP contribution in [0.25, 0.3) is 0 Å². The molecule has 2 rings (SSSR count). The van der Waals surface area contributed by atoms with Crippen molar-refractivity contribution in [1.82, 2.24) is 24.9 Å². The number of nitrogens with zero attached hydrogens (tertiary/aromatic N) is 4. The lowest BCUT2D eigenvalue weighted by Gasteiger charge is -2.39. The molecule has 1 aliphatic heterocycles. The molecule has 1 aromatic rings. The molecule has 1 saturated heterocycles. The SMILES string of the molecule is CN(C)C(=O)CN(C)C(=O)C1(n2cccn2)CCNCC1.Cl. The van der Waals surface area contributed by atoms with Crippen molar-refractivity contribution in [2.75, 3.05) is 40.8 Å². The van der Waals surface area contributed by atoms with Crippen LogP contribution >= 0.6 is 12.4 Å². The van der Waals surface area contributed by atoms with E-state index in [0.717, 1.165) is 13.1 Å². The van der Waals surface area contributed by atoms with Gasteiger partial charge in [-0.25, -0.2) is 0 Å². The fourth-order valence-corrected chi connectivity index (χ4v) is 2.67. The maximum Gasteiger partial charge on any atom is 0.250 e. The van der Waals surface area contributed by atoms with Crippen molar-refractivity contribution in [3.63, 3.8) is 0 Å². The molecule has 0 radical (unpaired) electrons. The average molecular weight is 330 g/mol. The average Bonchev–Trinajstić information content (AvgIpc) is 3.01. The molecule has 0 atom stereocenters. The minimum absolute atomic E-state index is 0. The first-order valence-corrected chi connectivity index (χ1v) is 7.14. The maximum atomic E-state index is 12.9.